The molecule has 7 nitrogen and oxygen atoms in total. The Morgan fingerprint density at radius 2 is 1.61 bits per heavy atom. The number of benzene rings is 3. The number of nitrogens with zero attached hydrogens (tertiary/aromatic N) is 1. The van der Waals surface area contributed by atoms with E-state index in [1.807, 2.05) is 31.2 Å². The average molecular weight is 441 g/mol. The Balaban J connectivity index is 1.56. The number of aryl methyl sites for hydroxylation is 1. The second-order valence-electron chi connectivity index (χ2n) is 7.07. The van der Waals surface area contributed by atoms with Gasteiger partial charge in [0.15, 0.2) is 6.61 Å². The standard InChI is InChI=1S/C26H23N3O4/c1-18-5-3-4-6-24(18)29-26(31)20(16-27)15-19-7-11-23(12-8-19)33-17-25(30)28-21-9-13-22(32-2)14-10-21/h3-15H,17H2,1-2H3,(H,28,30)(H,29,31)/b20-15+. The quantitative estimate of drug-likeness (QED) is 0.394. The van der Waals surface area contributed by atoms with E-state index in [0.29, 0.717) is 28.4 Å². The van der Waals surface area contributed by atoms with Crippen LogP contribution in [0.1, 0.15) is 11.1 Å². The Morgan fingerprint density at radius 3 is 2.24 bits per heavy atom. The highest BCUT2D eigenvalue weighted by molar-refractivity contribution is 6.09. The molecule has 0 aliphatic rings. The van der Waals surface area contributed by atoms with Gasteiger partial charge in [-0.05, 0) is 66.6 Å². The Labute approximate surface area is 192 Å². The van der Waals surface area contributed by atoms with Crippen molar-refractivity contribution in [3.63, 3.8) is 0 Å². The molecule has 33 heavy (non-hydrogen) atoms. The Bertz CT molecular complexity index is 1190. The molecular weight excluding hydrogens is 418 g/mol. The number of nitrogens with one attached hydrogen (secondary N) is 2. The van der Waals surface area contributed by atoms with E-state index < -0.39 is 5.91 Å². The van der Waals surface area contributed by atoms with Crippen molar-refractivity contribution >= 4 is 29.3 Å². The lowest BCUT2D eigenvalue weighted by atomic mass is 10.1. The fourth-order valence-electron chi connectivity index (χ4n) is 2.90. The van der Waals surface area contributed by atoms with E-state index in [2.05, 4.69) is 10.6 Å². The highest BCUT2D eigenvalue weighted by Gasteiger charge is 2.11. The molecule has 0 spiro atoms. The third-order valence-electron chi connectivity index (χ3n) is 4.69. The molecule has 0 saturated heterocycles. The second-order valence-corrected chi connectivity index (χ2v) is 7.07. The van der Waals surface area contributed by atoms with Gasteiger partial charge in [-0.2, -0.15) is 5.26 Å². The predicted octanol–water partition coefficient (Wildman–Crippen LogP) is 4.57. The van der Waals surface area contributed by atoms with Gasteiger partial charge in [-0.1, -0.05) is 30.3 Å². The molecule has 166 valence electrons. The van der Waals surface area contributed by atoms with E-state index in [4.69, 9.17) is 9.47 Å². The van der Waals surface area contributed by atoms with Crippen molar-refractivity contribution in [2.24, 2.45) is 0 Å². The van der Waals surface area contributed by atoms with Crippen LogP contribution in [0.2, 0.25) is 0 Å². The van der Waals surface area contributed by atoms with Gasteiger partial charge in [-0.15, -0.1) is 0 Å². The highest BCUT2D eigenvalue weighted by Crippen LogP contribution is 2.18. The molecule has 0 unspecified atom stereocenters. The number of nitriles is 1. The molecule has 2 amide bonds. The molecule has 0 radical (unpaired) electrons. The van der Waals surface area contributed by atoms with Gasteiger partial charge in [-0.25, -0.2) is 0 Å². The predicted molar refractivity (Wildman–Crippen MR) is 127 cm³/mol. The van der Waals surface area contributed by atoms with E-state index >= 15 is 0 Å². The highest BCUT2D eigenvalue weighted by atomic mass is 16.5. The number of para-hydroxylation sites is 1. The molecule has 0 fully saturated rings. The van der Waals surface area contributed by atoms with Gasteiger partial charge in [0.2, 0.25) is 0 Å². The molecule has 0 saturated carbocycles. The molecule has 0 aliphatic heterocycles. The SMILES string of the molecule is COc1ccc(NC(=O)COc2ccc(/C=C(\C#N)C(=O)Nc3ccccc3C)cc2)cc1. The fraction of sp³-hybridized carbons (Fsp3) is 0.115. The lowest BCUT2D eigenvalue weighted by molar-refractivity contribution is -0.118. The number of methoxy groups -OCH3 is 1. The zero-order valence-corrected chi connectivity index (χ0v) is 18.3. The van der Waals surface area contributed by atoms with Gasteiger partial charge in [0.25, 0.3) is 11.8 Å². The number of carbonyl (C=O) groups excluding carboxylic acids is 2. The number of hydrogen-bond donors (Lipinski definition) is 2. The number of carbonyl (C=O) groups is 2. The smallest absolute Gasteiger partial charge is 0.266 e. The van der Waals surface area contributed by atoms with Crippen molar-refractivity contribution in [1.82, 2.24) is 0 Å². The van der Waals surface area contributed by atoms with E-state index in [1.54, 1.807) is 61.7 Å². The van der Waals surface area contributed by atoms with Crippen LogP contribution in [0.4, 0.5) is 11.4 Å². The molecular formula is C26H23N3O4. The van der Waals surface area contributed by atoms with Crippen molar-refractivity contribution in [3.8, 4) is 17.6 Å². The maximum atomic E-state index is 12.5. The summed E-state index contributed by atoms with van der Waals surface area (Å²) in [5, 5.41) is 14.9. The summed E-state index contributed by atoms with van der Waals surface area (Å²) in [6, 6.07) is 23.0. The minimum Gasteiger partial charge on any atom is -0.497 e. The summed E-state index contributed by atoms with van der Waals surface area (Å²) in [5.41, 5.74) is 2.83. The maximum Gasteiger partial charge on any atom is 0.266 e. The Morgan fingerprint density at radius 1 is 0.939 bits per heavy atom. The van der Waals surface area contributed by atoms with Crippen LogP contribution < -0.4 is 20.1 Å². The molecule has 0 atom stereocenters. The van der Waals surface area contributed by atoms with Crippen LogP contribution in [0.5, 0.6) is 11.5 Å². The van der Waals surface area contributed by atoms with Crippen molar-refractivity contribution in [1.29, 1.82) is 5.26 Å². The van der Waals surface area contributed by atoms with Gasteiger partial charge < -0.3 is 20.1 Å². The number of rotatable bonds is 8. The molecule has 0 aliphatic carbocycles. The monoisotopic (exact) mass is 441 g/mol. The first-order valence-electron chi connectivity index (χ1n) is 10.1. The molecule has 3 aromatic carbocycles. The van der Waals surface area contributed by atoms with Gasteiger partial charge >= 0.3 is 0 Å². The Kier molecular flexibility index (Phi) is 7.81. The molecule has 7 heteroatoms. The van der Waals surface area contributed by atoms with Crippen LogP contribution >= 0.6 is 0 Å². The van der Waals surface area contributed by atoms with Gasteiger partial charge in [0, 0.05) is 11.4 Å². The topological polar surface area (TPSA) is 100 Å². The van der Waals surface area contributed by atoms with Crippen molar-refractivity contribution in [2.75, 3.05) is 24.4 Å². The summed E-state index contributed by atoms with van der Waals surface area (Å²) in [7, 11) is 1.57. The average Bonchev–Trinajstić information content (AvgIpc) is 2.83. The van der Waals surface area contributed by atoms with Crippen LogP contribution in [0.3, 0.4) is 0 Å². The zero-order valence-electron chi connectivity index (χ0n) is 18.3. The fourth-order valence-corrected chi connectivity index (χ4v) is 2.90. The number of anilines is 2. The summed E-state index contributed by atoms with van der Waals surface area (Å²) in [4.78, 5) is 24.5. The zero-order chi connectivity index (χ0) is 23.6. The lowest BCUT2D eigenvalue weighted by Crippen LogP contribution is -2.20. The minimum atomic E-state index is -0.484. The van der Waals surface area contributed by atoms with E-state index in [-0.39, 0.29) is 18.1 Å². The van der Waals surface area contributed by atoms with Crippen LogP contribution in [0, 0.1) is 18.3 Å². The van der Waals surface area contributed by atoms with Gasteiger partial charge in [-0.3, -0.25) is 9.59 Å². The molecule has 0 bridgehead atoms. The van der Waals surface area contributed by atoms with Crippen molar-refractivity contribution < 1.29 is 19.1 Å². The molecule has 3 aromatic rings. The normalized spacial score (nSPS) is 10.6. The third kappa shape index (κ3) is 6.71. The molecule has 0 heterocycles. The maximum absolute atomic E-state index is 12.5. The summed E-state index contributed by atoms with van der Waals surface area (Å²) >= 11 is 0. The van der Waals surface area contributed by atoms with Gasteiger partial charge in [0.1, 0.15) is 23.1 Å². The van der Waals surface area contributed by atoms with Crippen LogP contribution in [-0.2, 0) is 9.59 Å². The van der Waals surface area contributed by atoms with Crippen molar-refractivity contribution in [3.05, 3.63) is 89.5 Å². The molecule has 3 rings (SSSR count). The first-order valence-corrected chi connectivity index (χ1v) is 10.1. The van der Waals surface area contributed by atoms with Crippen molar-refractivity contribution in [2.45, 2.75) is 6.92 Å². The number of amides is 2. The molecule has 2 N–H and O–H groups in total. The van der Waals surface area contributed by atoms with E-state index in [9.17, 15) is 14.9 Å². The number of hydrogen-bond acceptors (Lipinski definition) is 5. The Hall–Kier alpha value is -4.57. The summed E-state index contributed by atoms with van der Waals surface area (Å²) in [5.74, 6) is 0.400. The summed E-state index contributed by atoms with van der Waals surface area (Å²) < 4.78 is 10.6. The molecule has 0 aromatic heterocycles. The minimum absolute atomic E-state index is 0.0224. The summed E-state index contributed by atoms with van der Waals surface area (Å²) in [6.45, 7) is 1.71. The lowest BCUT2D eigenvalue weighted by Gasteiger charge is -2.09. The largest absolute Gasteiger partial charge is 0.497 e. The van der Waals surface area contributed by atoms with Crippen LogP contribution in [0.15, 0.2) is 78.4 Å². The second kappa shape index (κ2) is 11.2. The number of ether oxygens (including phenoxy) is 2. The summed E-state index contributed by atoms with van der Waals surface area (Å²) in [6.07, 6.45) is 1.49. The van der Waals surface area contributed by atoms with Gasteiger partial charge in [0.05, 0.1) is 7.11 Å². The van der Waals surface area contributed by atoms with Crippen LogP contribution in [-0.4, -0.2) is 25.5 Å². The van der Waals surface area contributed by atoms with E-state index in [0.717, 1.165) is 5.56 Å². The van der Waals surface area contributed by atoms with E-state index in [1.165, 1.54) is 6.08 Å². The third-order valence-corrected chi connectivity index (χ3v) is 4.69. The first-order chi connectivity index (χ1) is 16.0. The first kappa shape index (κ1) is 23.1. The van der Waals surface area contributed by atoms with Crippen LogP contribution in [0.25, 0.3) is 6.08 Å².